The highest BCUT2D eigenvalue weighted by molar-refractivity contribution is 5.39. The molecular weight excluding hydrogens is 400 g/mol. The average Bonchev–Trinajstić information content (AvgIpc) is 3.50. The lowest BCUT2D eigenvalue weighted by molar-refractivity contribution is 0.532. The highest BCUT2D eigenvalue weighted by Gasteiger charge is 2.22. The van der Waals surface area contributed by atoms with Gasteiger partial charge in [0.05, 0.1) is 5.92 Å². The Balaban J connectivity index is 1.72. The van der Waals surface area contributed by atoms with Crippen molar-refractivity contribution >= 4 is 0 Å². The molecule has 3 rings (SSSR count). The van der Waals surface area contributed by atoms with Crippen LogP contribution >= 0.6 is 0 Å². The van der Waals surface area contributed by atoms with Crippen molar-refractivity contribution in [3.05, 3.63) is 83.9 Å². The van der Waals surface area contributed by atoms with Crippen molar-refractivity contribution in [2.45, 2.75) is 110 Å². The van der Waals surface area contributed by atoms with Crippen molar-refractivity contribution in [2.24, 2.45) is 0 Å². The van der Waals surface area contributed by atoms with Crippen LogP contribution in [0.15, 0.2) is 67.0 Å². The van der Waals surface area contributed by atoms with E-state index < -0.39 is 0 Å². The van der Waals surface area contributed by atoms with Crippen molar-refractivity contribution in [3.63, 3.8) is 0 Å². The van der Waals surface area contributed by atoms with Gasteiger partial charge in [-0.1, -0.05) is 108 Å². The Morgan fingerprint density at radius 2 is 0.970 bits per heavy atom. The number of aromatic nitrogens is 2. The van der Waals surface area contributed by atoms with Crippen molar-refractivity contribution < 1.29 is 0 Å². The lowest BCUT2D eigenvalue weighted by Crippen LogP contribution is -2.14. The van der Waals surface area contributed by atoms with Crippen molar-refractivity contribution in [3.8, 4) is 0 Å². The zero-order valence-electron chi connectivity index (χ0n) is 21.2. The number of rotatable bonds is 17. The van der Waals surface area contributed by atoms with Gasteiger partial charge >= 0.3 is 0 Å². The van der Waals surface area contributed by atoms with E-state index in [9.17, 15) is 0 Å². The van der Waals surface area contributed by atoms with E-state index in [1.54, 1.807) is 0 Å². The highest BCUT2D eigenvalue weighted by Crippen LogP contribution is 2.33. The van der Waals surface area contributed by atoms with Crippen LogP contribution in [-0.4, -0.2) is 9.13 Å². The molecule has 0 N–H and O–H groups in total. The molecule has 0 radical (unpaired) electrons. The summed E-state index contributed by atoms with van der Waals surface area (Å²) in [5.74, 6) is 0.288. The molecule has 0 aliphatic rings. The molecule has 0 unspecified atom stereocenters. The zero-order valence-corrected chi connectivity index (χ0v) is 21.2. The lowest BCUT2D eigenvalue weighted by atomic mass is 9.92. The van der Waals surface area contributed by atoms with Crippen LogP contribution in [0.5, 0.6) is 0 Å². The molecule has 180 valence electrons. The van der Waals surface area contributed by atoms with Crippen LogP contribution in [0.1, 0.15) is 114 Å². The smallest absolute Gasteiger partial charge is 0.0645 e. The Hall–Kier alpha value is -2.22. The second-order valence-corrected chi connectivity index (χ2v) is 9.63. The molecule has 0 spiro atoms. The largest absolute Gasteiger partial charge is 0.350 e. The van der Waals surface area contributed by atoms with Crippen LogP contribution in [-0.2, 0) is 13.1 Å². The molecule has 0 atom stereocenters. The number of unbranched alkanes of at least 4 members (excludes halogenated alkanes) is 10. The van der Waals surface area contributed by atoms with Crippen molar-refractivity contribution in [1.82, 2.24) is 9.13 Å². The second-order valence-electron chi connectivity index (χ2n) is 9.63. The number of aryl methyl sites for hydroxylation is 2. The summed E-state index contributed by atoms with van der Waals surface area (Å²) in [5, 5.41) is 0. The molecule has 0 bridgehead atoms. The fourth-order valence-electron chi connectivity index (χ4n) is 5.05. The summed E-state index contributed by atoms with van der Waals surface area (Å²) < 4.78 is 5.03. The summed E-state index contributed by atoms with van der Waals surface area (Å²) in [4.78, 5) is 0. The number of hydrogen-bond acceptors (Lipinski definition) is 0. The van der Waals surface area contributed by atoms with Gasteiger partial charge in [-0.05, 0) is 42.7 Å². The van der Waals surface area contributed by atoms with Gasteiger partial charge in [0.1, 0.15) is 0 Å². The fourth-order valence-corrected chi connectivity index (χ4v) is 5.05. The SMILES string of the molecule is CCCCCCCCn1cccc1C(c1ccccc1)c1cccn1CCCCCCCC. The third-order valence-electron chi connectivity index (χ3n) is 6.96. The number of benzene rings is 1. The molecule has 0 amide bonds. The van der Waals surface area contributed by atoms with Crippen LogP contribution < -0.4 is 0 Å². The predicted molar refractivity (Wildman–Crippen MR) is 143 cm³/mol. The Morgan fingerprint density at radius 1 is 0.515 bits per heavy atom. The maximum atomic E-state index is 2.51. The van der Waals surface area contributed by atoms with Gasteiger partial charge in [0.2, 0.25) is 0 Å². The molecule has 1 aromatic carbocycles. The molecule has 2 aromatic heterocycles. The molecule has 33 heavy (non-hydrogen) atoms. The van der Waals surface area contributed by atoms with E-state index in [-0.39, 0.29) is 5.92 Å². The van der Waals surface area contributed by atoms with Crippen LogP contribution in [0.4, 0.5) is 0 Å². The maximum absolute atomic E-state index is 2.51. The van der Waals surface area contributed by atoms with Gasteiger partial charge in [-0.3, -0.25) is 0 Å². The Bertz CT molecular complexity index is 819. The van der Waals surface area contributed by atoms with Crippen molar-refractivity contribution in [2.75, 3.05) is 0 Å². The van der Waals surface area contributed by atoms with E-state index in [4.69, 9.17) is 0 Å². The molecule has 0 fully saturated rings. The van der Waals surface area contributed by atoms with E-state index in [0.717, 1.165) is 13.1 Å². The minimum absolute atomic E-state index is 0.288. The first-order valence-corrected chi connectivity index (χ1v) is 13.7. The Kier molecular flexibility index (Phi) is 11.4. The molecule has 2 heteroatoms. The summed E-state index contributed by atoms with van der Waals surface area (Å²) in [5.41, 5.74) is 4.25. The summed E-state index contributed by atoms with van der Waals surface area (Å²) in [7, 11) is 0. The summed E-state index contributed by atoms with van der Waals surface area (Å²) in [6.45, 7) is 6.82. The lowest BCUT2D eigenvalue weighted by Gasteiger charge is -2.23. The minimum atomic E-state index is 0.288. The zero-order chi connectivity index (χ0) is 23.1. The van der Waals surface area contributed by atoms with E-state index in [2.05, 4.69) is 90.0 Å². The van der Waals surface area contributed by atoms with Gasteiger partial charge in [0.25, 0.3) is 0 Å². The summed E-state index contributed by atoms with van der Waals surface area (Å²) in [6, 6.07) is 20.3. The fraction of sp³-hybridized carbons (Fsp3) is 0.548. The number of nitrogens with zero attached hydrogens (tertiary/aromatic N) is 2. The van der Waals surface area contributed by atoms with Gasteiger partial charge in [0, 0.05) is 36.9 Å². The molecule has 2 nitrogen and oxygen atoms in total. The Morgan fingerprint density at radius 3 is 1.45 bits per heavy atom. The summed E-state index contributed by atoms with van der Waals surface area (Å²) in [6.07, 6.45) is 20.7. The summed E-state index contributed by atoms with van der Waals surface area (Å²) >= 11 is 0. The molecule has 0 aliphatic carbocycles. The van der Waals surface area contributed by atoms with Gasteiger partial charge in [-0.25, -0.2) is 0 Å². The monoisotopic (exact) mass is 446 g/mol. The standard InChI is InChI=1S/C31H46N2/c1-3-5-7-9-11-16-24-32-26-18-22-29(32)31(28-20-14-13-15-21-28)30-23-19-27-33(30)25-17-12-10-8-6-4-2/h13-15,18-23,26-27,31H,3-12,16-17,24-25H2,1-2H3. The molecule has 0 saturated carbocycles. The van der Waals surface area contributed by atoms with Crippen LogP contribution in [0.2, 0.25) is 0 Å². The minimum Gasteiger partial charge on any atom is -0.350 e. The first kappa shape index (κ1) is 25.4. The quantitative estimate of drug-likeness (QED) is 0.183. The van der Waals surface area contributed by atoms with Crippen molar-refractivity contribution in [1.29, 1.82) is 0 Å². The topological polar surface area (TPSA) is 9.86 Å². The third-order valence-corrected chi connectivity index (χ3v) is 6.96. The molecule has 0 aliphatic heterocycles. The predicted octanol–water partition coefficient (Wildman–Crippen LogP) is 9.19. The van der Waals surface area contributed by atoms with E-state index in [1.807, 2.05) is 0 Å². The van der Waals surface area contributed by atoms with Crippen LogP contribution in [0.3, 0.4) is 0 Å². The third kappa shape index (κ3) is 7.95. The maximum Gasteiger partial charge on any atom is 0.0645 e. The molecular formula is C31H46N2. The van der Waals surface area contributed by atoms with Gasteiger partial charge in [-0.2, -0.15) is 0 Å². The molecule has 2 heterocycles. The second kappa shape index (κ2) is 14.8. The van der Waals surface area contributed by atoms with E-state index in [1.165, 1.54) is 94.0 Å². The first-order valence-electron chi connectivity index (χ1n) is 13.7. The average molecular weight is 447 g/mol. The number of hydrogen-bond donors (Lipinski definition) is 0. The van der Waals surface area contributed by atoms with Gasteiger partial charge in [-0.15, -0.1) is 0 Å². The normalized spacial score (nSPS) is 11.5. The Labute approximate surface area is 203 Å². The van der Waals surface area contributed by atoms with Crippen LogP contribution in [0.25, 0.3) is 0 Å². The van der Waals surface area contributed by atoms with Gasteiger partial charge < -0.3 is 9.13 Å². The van der Waals surface area contributed by atoms with Gasteiger partial charge in [0.15, 0.2) is 0 Å². The van der Waals surface area contributed by atoms with E-state index in [0.29, 0.717) is 0 Å². The molecule has 0 saturated heterocycles. The van der Waals surface area contributed by atoms with E-state index >= 15 is 0 Å². The first-order chi connectivity index (χ1) is 16.3. The molecule has 3 aromatic rings. The van der Waals surface area contributed by atoms with Crippen LogP contribution in [0, 0.1) is 0 Å². The highest BCUT2D eigenvalue weighted by atomic mass is 15.0.